The van der Waals surface area contributed by atoms with Gasteiger partial charge in [0.05, 0.1) is 36.6 Å². The van der Waals surface area contributed by atoms with Gasteiger partial charge in [0.2, 0.25) is 6.39 Å². The van der Waals surface area contributed by atoms with Gasteiger partial charge in [-0.1, -0.05) is 17.3 Å². The number of ether oxygens (including phenoxy) is 1. The van der Waals surface area contributed by atoms with Gasteiger partial charge >= 0.3 is 0 Å². The zero-order valence-corrected chi connectivity index (χ0v) is 14.7. The molecule has 1 aliphatic heterocycles. The van der Waals surface area contributed by atoms with Crippen LogP contribution in [0.3, 0.4) is 0 Å². The van der Waals surface area contributed by atoms with E-state index in [-0.39, 0.29) is 11.6 Å². The first-order valence-electron chi connectivity index (χ1n) is 8.75. The number of fused-ring (bicyclic) bond motifs is 1. The molecule has 1 unspecified atom stereocenters. The predicted octanol–water partition coefficient (Wildman–Crippen LogP) is 1.76. The van der Waals surface area contributed by atoms with Crippen LogP contribution in [-0.2, 0) is 17.8 Å². The lowest BCUT2D eigenvalue weighted by Crippen LogP contribution is -2.33. The zero-order valence-electron chi connectivity index (χ0n) is 14.7. The van der Waals surface area contributed by atoms with Gasteiger partial charge in [-0.15, -0.1) is 0 Å². The molecule has 0 saturated carbocycles. The van der Waals surface area contributed by atoms with Gasteiger partial charge < -0.3 is 9.26 Å². The Labute approximate surface area is 150 Å². The van der Waals surface area contributed by atoms with Crippen LogP contribution in [0.5, 0.6) is 0 Å². The molecule has 0 spiro atoms. The second-order valence-corrected chi connectivity index (χ2v) is 6.41. The Bertz CT molecular complexity index is 938. The smallest absolute Gasteiger partial charge is 0.261 e. The topological polar surface area (TPSA) is 86.3 Å². The van der Waals surface area contributed by atoms with Crippen LogP contribution in [0.4, 0.5) is 0 Å². The first-order chi connectivity index (χ1) is 12.8. The number of nitrogens with zero attached hydrogens (tertiary/aromatic N) is 5. The quantitative estimate of drug-likeness (QED) is 0.666. The third-order valence-corrected chi connectivity index (χ3v) is 4.82. The number of aromatic nitrogens is 4. The molecule has 0 N–H and O–H groups in total. The molecule has 8 nitrogen and oxygen atoms in total. The maximum Gasteiger partial charge on any atom is 0.261 e. The fourth-order valence-electron chi connectivity index (χ4n) is 3.59. The van der Waals surface area contributed by atoms with Crippen LogP contribution < -0.4 is 5.56 Å². The van der Waals surface area contributed by atoms with Gasteiger partial charge in [-0.25, -0.2) is 4.98 Å². The van der Waals surface area contributed by atoms with Crippen LogP contribution in [0.1, 0.15) is 30.5 Å². The summed E-state index contributed by atoms with van der Waals surface area (Å²) >= 11 is 0. The molecule has 8 heteroatoms. The van der Waals surface area contributed by atoms with Gasteiger partial charge in [-0.2, -0.15) is 4.98 Å². The minimum absolute atomic E-state index is 0.0194. The molecule has 2 aromatic heterocycles. The van der Waals surface area contributed by atoms with E-state index in [9.17, 15) is 4.79 Å². The number of para-hydroxylation sites is 1. The number of hydrogen-bond acceptors (Lipinski definition) is 7. The Morgan fingerprint density at radius 1 is 1.35 bits per heavy atom. The maximum atomic E-state index is 13.0. The summed E-state index contributed by atoms with van der Waals surface area (Å²) < 4.78 is 11.8. The molecule has 26 heavy (non-hydrogen) atoms. The van der Waals surface area contributed by atoms with Crippen molar-refractivity contribution in [1.29, 1.82) is 0 Å². The molecule has 0 radical (unpaired) electrons. The first kappa shape index (κ1) is 16.9. The van der Waals surface area contributed by atoms with E-state index < -0.39 is 0 Å². The lowest BCUT2D eigenvalue weighted by atomic mass is 10.1. The molecule has 0 bridgehead atoms. The molecule has 0 amide bonds. The van der Waals surface area contributed by atoms with E-state index in [1.807, 2.05) is 24.3 Å². The van der Waals surface area contributed by atoms with Crippen LogP contribution in [0, 0.1) is 0 Å². The summed E-state index contributed by atoms with van der Waals surface area (Å²) in [6, 6.07) is 7.53. The normalized spacial score (nSPS) is 18.0. The van der Waals surface area contributed by atoms with Gasteiger partial charge in [-0.05, 0) is 31.5 Å². The SMILES string of the molecule is COCCn1c(C2CCCN2Cc2ncon2)nc2ccccc2c1=O. The van der Waals surface area contributed by atoms with Crippen molar-refractivity contribution in [2.45, 2.75) is 32.0 Å². The molecule has 1 fully saturated rings. The Morgan fingerprint density at radius 2 is 2.23 bits per heavy atom. The van der Waals surface area contributed by atoms with E-state index in [0.717, 1.165) is 30.7 Å². The third kappa shape index (κ3) is 3.13. The fraction of sp³-hybridized carbons (Fsp3) is 0.444. The molecule has 1 atom stereocenters. The van der Waals surface area contributed by atoms with Gasteiger partial charge in [0, 0.05) is 7.11 Å². The van der Waals surface area contributed by atoms with E-state index >= 15 is 0 Å². The Kier molecular flexibility index (Phi) is 4.77. The number of likely N-dealkylation sites (tertiary alicyclic amines) is 1. The van der Waals surface area contributed by atoms with Gasteiger partial charge in [0.15, 0.2) is 5.82 Å². The van der Waals surface area contributed by atoms with Crippen LogP contribution >= 0.6 is 0 Å². The average molecular weight is 355 g/mol. The predicted molar refractivity (Wildman–Crippen MR) is 94.6 cm³/mol. The molecule has 3 heterocycles. The van der Waals surface area contributed by atoms with Crippen molar-refractivity contribution in [3.63, 3.8) is 0 Å². The molecule has 3 aromatic rings. The highest BCUT2D eigenvalue weighted by Crippen LogP contribution is 2.32. The zero-order chi connectivity index (χ0) is 17.9. The number of rotatable bonds is 6. The van der Waals surface area contributed by atoms with Crippen molar-refractivity contribution >= 4 is 10.9 Å². The number of hydrogen-bond donors (Lipinski definition) is 0. The summed E-state index contributed by atoms with van der Waals surface area (Å²) in [6.07, 6.45) is 3.31. The summed E-state index contributed by atoms with van der Waals surface area (Å²) in [5.41, 5.74) is 0.710. The molecule has 136 valence electrons. The highest BCUT2D eigenvalue weighted by molar-refractivity contribution is 5.77. The highest BCUT2D eigenvalue weighted by Gasteiger charge is 2.31. The van der Waals surface area contributed by atoms with Crippen molar-refractivity contribution in [2.24, 2.45) is 0 Å². The van der Waals surface area contributed by atoms with E-state index in [2.05, 4.69) is 15.0 Å². The summed E-state index contributed by atoms with van der Waals surface area (Å²) in [6.45, 7) is 2.43. The van der Waals surface area contributed by atoms with Gasteiger partial charge in [0.25, 0.3) is 5.56 Å². The van der Waals surface area contributed by atoms with Crippen LogP contribution in [0.25, 0.3) is 10.9 Å². The minimum Gasteiger partial charge on any atom is -0.383 e. The monoisotopic (exact) mass is 355 g/mol. The Hall–Kier alpha value is -2.58. The lowest BCUT2D eigenvalue weighted by Gasteiger charge is -2.25. The van der Waals surface area contributed by atoms with E-state index in [0.29, 0.717) is 30.9 Å². The van der Waals surface area contributed by atoms with Crippen molar-refractivity contribution in [2.75, 3.05) is 20.3 Å². The third-order valence-electron chi connectivity index (χ3n) is 4.82. The standard InChI is InChI=1S/C18H21N5O3/c1-25-10-9-23-17(20-14-6-3-2-5-13(14)18(23)24)15-7-4-8-22(15)11-16-19-12-26-21-16/h2-3,5-6,12,15H,4,7-11H2,1H3. The second kappa shape index (κ2) is 7.35. The minimum atomic E-state index is -0.0194. The average Bonchev–Trinajstić information content (AvgIpc) is 3.33. The second-order valence-electron chi connectivity index (χ2n) is 6.41. The van der Waals surface area contributed by atoms with Crippen LogP contribution in [0.2, 0.25) is 0 Å². The molecule has 1 saturated heterocycles. The number of methoxy groups -OCH3 is 1. The molecular weight excluding hydrogens is 334 g/mol. The van der Waals surface area contributed by atoms with E-state index in [1.165, 1.54) is 6.39 Å². The lowest BCUT2D eigenvalue weighted by molar-refractivity contribution is 0.178. The van der Waals surface area contributed by atoms with Crippen molar-refractivity contribution < 1.29 is 9.26 Å². The molecular formula is C18H21N5O3. The summed E-state index contributed by atoms with van der Waals surface area (Å²) in [5.74, 6) is 1.43. The molecule has 4 rings (SSSR count). The van der Waals surface area contributed by atoms with Crippen molar-refractivity contribution in [1.82, 2.24) is 24.6 Å². The van der Waals surface area contributed by atoms with Gasteiger partial charge in [0.1, 0.15) is 5.82 Å². The fourth-order valence-corrected chi connectivity index (χ4v) is 3.59. The Morgan fingerprint density at radius 3 is 3.04 bits per heavy atom. The van der Waals surface area contributed by atoms with Crippen molar-refractivity contribution in [3.05, 3.63) is 52.7 Å². The molecule has 1 aliphatic rings. The van der Waals surface area contributed by atoms with Gasteiger partial charge in [-0.3, -0.25) is 14.3 Å². The summed E-state index contributed by atoms with van der Waals surface area (Å²) in [5, 5.41) is 4.54. The largest absolute Gasteiger partial charge is 0.383 e. The maximum absolute atomic E-state index is 13.0. The first-order valence-corrected chi connectivity index (χ1v) is 8.75. The molecule has 1 aromatic carbocycles. The van der Waals surface area contributed by atoms with E-state index in [4.69, 9.17) is 14.2 Å². The van der Waals surface area contributed by atoms with Crippen molar-refractivity contribution in [3.8, 4) is 0 Å². The van der Waals surface area contributed by atoms with Crippen LogP contribution in [0.15, 0.2) is 40.0 Å². The molecule has 0 aliphatic carbocycles. The van der Waals surface area contributed by atoms with E-state index in [1.54, 1.807) is 11.7 Å². The Balaban J connectivity index is 1.77. The summed E-state index contributed by atoms with van der Waals surface area (Å²) in [7, 11) is 1.64. The number of benzene rings is 1. The highest BCUT2D eigenvalue weighted by atomic mass is 16.5. The van der Waals surface area contributed by atoms with Crippen LogP contribution in [-0.4, -0.2) is 44.9 Å². The summed E-state index contributed by atoms with van der Waals surface area (Å²) in [4.78, 5) is 24.3.